The maximum Gasteiger partial charge on any atom is 0.320 e. The second kappa shape index (κ2) is 5.13. The van der Waals surface area contributed by atoms with E-state index in [2.05, 4.69) is 6.92 Å². The SMILES string of the molecule is CCCN(CC)C(C)C(=O)O. The number of likely N-dealkylation sites (N-methyl/N-ethyl adjacent to an activating group) is 1. The van der Waals surface area contributed by atoms with E-state index in [9.17, 15) is 4.79 Å². The van der Waals surface area contributed by atoms with Crippen LogP contribution >= 0.6 is 0 Å². The van der Waals surface area contributed by atoms with E-state index in [-0.39, 0.29) is 6.04 Å². The molecule has 0 aliphatic heterocycles. The van der Waals surface area contributed by atoms with Gasteiger partial charge < -0.3 is 5.11 Å². The lowest BCUT2D eigenvalue weighted by Crippen LogP contribution is -2.39. The van der Waals surface area contributed by atoms with Crippen molar-refractivity contribution in [2.24, 2.45) is 0 Å². The Kier molecular flexibility index (Phi) is 4.86. The molecule has 0 radical (unpaired) electrons. The highest BCUT2D eigenvalue weighted by Crippen LogP contribution is 1.99. The summed E-state index contributed by atoms with van der Waals surface area (Å²) in [6, 6.07) is -0.347. The van der Waals surface area contributed by atoms with Crippen LogP contribution in [0.4, 0.5) is 0 Å². The zero-order chi connectivity index (χ0) is 8.85. The summed E-state index contributed by atoms with van der Waals surface area (Å²) >= 11 is 0. The van der Waals surface area contributed by atoms with Crippen molar-refractivity contribution in [3.63, 3.8) is 0 Å². The Balaban J connectivity index is 3.91. The number of carbonyl (C=O) groups is 1. The molecule has 0 bridgehead atoms. The fraction of sp³-hybridized carbons (Fsp3) is 0.875. The fourth-order valence-electron chi connectivity index (χ4n) is 1.07. The third kappa shape index (κ3) is 3.37. The van der Waals surface area contributed by atoms with Gasteiger partial charge in [0.25, 0.3) is 0 Å². The summed E-state index contributed by atoms with van der Waals surface area (Å²) in [4.78, 5) is 12.5. The number of nitrogens with zero attached hydrogens (tertiary/aromatic N) is 1. The minimum Gasteiger partial charge on any atom is -0.480 e. The first-order chi connectivity index (χ1) is 5.13. The molecule has 0 saturated carbocycles. The monoisotopic (exact) mass is 159 g/mol. The van der Waals surface area contributed by atoms with Crippen molar-refractivity contribution < 1.29 is 9.90 Å². The van der Waals surface area contributed by atoms with Gasteiger partial charge in [-0.3, -0.25) is 9.69 Å². The third-order valence-corrected chi connectivity index (χ3v) is 1.82. The average molecular weight is 159 g/mol. The Labute approximate surface area is 68.0 Å². The molecule has 3 heteroatoms. The minimum absolute atomic E-state index is 0.347. The summed E-state index contributed by atoms with van der Waals surface area (Å²) in [6.07, 6.45) is 1.01. The standard InChI is InChI=1S/C8H17NO2/c1-4-6-9(5-2)7(3)8(10)11/h7H,4-6H2,1-3H3,(H,10,11). The van der Waals surface area contributed by atoms with Crippen LogP contribution in [0, 0.1) is 0 Å². The predicted molar refractivity (Wildman–Crippen MR) is 44.6 cm³/mol. The Bertz CT molecular complexity index is 125. The lowest BCUT2D eigenvalue weighted by molar-refractivity contribution is -0.142. The van der Waals surface area contributed by atoms with E-state index in [0.29, 0.717) is 0 Å². The normalized spacial score (nSPS) is 13.5. The van der Waals surface area contributed by atoms with Gasteiger partial charge in [0.1, 0.15) is 6.04 Å². The van der Waals surface area contributed by atoms with Gasteiger partial charge >= 0.3 is 5.97 Å². The maximum atomic E-state index is 10.5. The van der Waals surface area contributed by atoms with E-state index in [0.717, 1.165) is 19.5 Å². The molecule has 1 unspecified atom stereocenters. The van der Waals surface area contributed by atoms with E-state index in [1.54, 1.807) is 6.92 Å². The molecule has 1 atom stereocenters. The van der Waals surface area contributed by atoms with Crippen LogP contribution in [0.25, 0.3) is 0 Å². The molecule has 0 aromatic carbocycles. The van der Waals surface area contributed by atoms with Crippen molar-refractivity contribution in [3.8, 4) is 0 Å². The summed E-state index contributed by atoms with van der Waals surface area (Å²) in [5.41, 5.74) is 0. The summed E-state index contributed by atoms with van der Waals surface area (Å²) in [6.45, 7) is 7.43. The van der Waals surface area contributed by atoms with Crippen LogP contribution in [0.2, 0.25) is 0 Å². The van der Waals surface area contributed by atoms with E-state index in [4.69, 9.17) is 5.11 Å². The zero-order valence-corrected chi connectivity index (χ0v) is 7.50. The van der Waals surface area contributed by atoms with Gasteiger partial charge in [-0.25, -0.2) is 0 Å². The summed E-state index contributed by atoms with van der Waals surface area (Å²) in [7, 11) is 0. The predicted octanol–water partition coefficient (Wildman–Crippen LogP) is 1.19. The van der Waals surface area contributed by atoms with Gasteiger partial charge in [-0.15, -0.1) is 0 Å². The van der Waals surface area contributed by atoms with Gasteiger partial charge in [0.15, 0.2) is 0 Å². The first-order valence-corrected chi connectivity index (χ1v) is 4.10. The molecular formula is C8H17NO2. The molecule has 0 aromatic heterocycles. The molecule has 0 amide bonds. The lowest BCUT2D eigenvalue weighted by Gasteiger charge is -2.23. The maximum absolute atomic E-state index is 10.5. The molecule has 11 heavy (non-hydrogen) atoms. The topological polar surface area (TPSA) is 40.5 Å². The number of carboxylic acid groups (broad SMARTS) is 1. The van der Waals surface area contributed by atoms with Gasteiger partial charge in [0.05, 0.1) is 0 Å². The molecule has 0 saturated heterocycles. The fourth-order valence-corrected chi connectivity index (χ4v) is 1.07. The number of hydrogen-bond donors (Lipinski definition) is 1. The first kappa shape index (κ1) is 10.4. The van der Waals surface area contributed by atoms with Gasteiger partial charge in [-0.1, -0.05) is 13.8 Å². The van der Waals surface area contributed by atoms with Crippen molar-refractivity contribution in [1.29, 1.82) is 0 Å². The van der Waals surface area contributed by atoms with Crippen molar-refractivity contribution in [1.82, 2.24) is 4.90 Å². The van der Waals surface area contributed by atoms with Crippen molar-refractivity contribution in [2.45, 2.75) is 33.2 Å². The highest BCUT2D eigenvalue weighted by molar-refractivity contribution is 5.72. The molecule has 1 N–H and O–H groups in total. The summed E-state index contributed by atoms with van der Waals surface area (Å²) in [5, 5.41) is 8.67. The van der Waals surface area contributed by atoms with Gasteiger partial charge in [-0.2, -0.15) is 0 Å². The number of carboxylic acids is 1. The lowest BCUT2D eigenvalue weighted by atomic mass is 10.2. The average Bonchev–Trinajstić information content (AvgIpc) is 1.98. The molecule has 0 fully saturated rings. The number of aliphatic carboxylic acids is 1. The van der Waals surface area contributed by atoms with Gasteiger partial charge in [0.2, 0.25) is 0 Å². The quantitative estimate of drug-likeness (QED) is 0.655. The van der Waals surface area contributed by atoms with E-state index < -0.39 is 5.97 Å². The van der Waals surface area contributed by atoms with Crippen LogP contribution in [0.1, 0.15) is 27.2 Å². The molecule has 0 aliphatic carbocycles. The molecule has 3 nitrogen and oxygen atoms in total. The Morgan fingerprint density at radius 1 is 1.55 bits per heavy atom. The molecule has 0 aromatic rings. The number of rotatable bonds is 5. The molecule has 66 valence electrons. The largest absolute Gasteiger partial charge is 0.480 e. The third-order valence-electron chi connectivity index (χ3n) is 1.82. The van der Waals surface area contributed by atoms with Crippen molar-refractivity contribution in [2.75, 3.05) is 13.1 Å². The van der Waals surface area contributed by atoms with Crippen LogP contribution in [0.5, 0.6) is 0 Å². The van der Waals surface area contributed by atoms with E-state index >= 15 is 0 Å². The Morgan fingerprint density at radius 3 is 2.36 bits per heavy atom. The van der Waals surface area contributed by atoms with Crippen molar-refractivity contribution >= 4 is 5.97 Å². The zero-order valence-electron chi connectivity index (χ0n) is 7.50. The van der Waals surface area contributed by atoms with Crippen LogP contribution in [-0.2, 0) is 4.79 Å². The van der Waals surface area contributed by atoms with Crippen LogP contribution in [-0.4, -0.2) is 35.1 Å². The van der Waals surface area contributed by atoms with E-state index in [1.165, 1.54) is 0 Å². The molecule has 0 aliphatic rings. The first-order valence-electron chi connectivity index (χ1n) is 4.10. The van der Waals surface area contributed by atoms with Crippen LogP contribution < -0.4 is 0 Å². The summed E-state index contributed by atoms with van der Waals surface area (Å²) in [5.74, 6) is -0.736. The Morgan fingerprint density at radius 2 is 2.09 bits per heavy atom. The van der Waals surface area contributed by atoms with Gasteiger partial charge in [0, 0.05) is 0 Å². The second-order valence-electron chi connectivity index (χ2n) is 2.64. The summed E-state index contributed by atoms with van der Waals surface area (Å²) < 4.78 is 0. The molecule has 0 heterocycles. The second-order valence-corrected chi connectivity index (χ2v) is 2.64. The smallest absolute Gasteiger partial charge is 0.320 e. The van der Waals surface area contributed by atoms with Gasteiger partial charge in [-0.05, 0) is 26.4 Å². The minimum atomic E-state index is -0.736. The molecule has 0 spiro atoms. The number of hydrogen-bond acceptors (Lipinski definition) is 2. The van der Waals surface area contributed by atoms with Crippen LogP contribution in [0.3, 0.4) is 0 Å². The highest BCUT2D eigenvalue weighted by Gasteiger charge is 2.17. The molecule has 0 rings (SSSR count). The van der Waals surface area contributed by atoms with E-state index in [1.807, 2.05) is 11.8 Å². The van der Waals surface area contributed by atoms with Crippen molar-refractivity contribution in [3.05, 3.63) is 0 Å². The van der Waals surface area contributed by atoms with Crippen LogP contribution in [0.15, 0.2) is 0 Å². The Hall–Kier alpha value is -0.570. The molecular weight excluding hydrogens is 142 g/mol. The highest BCUT2D eigenvalue weighted by atomic mass is 16.4.